The summed E-state index contributed by atoms with van der Waals surface area (Å²) in [5.41, 5.74) is 2.89. The van der Waals surface area contributed by atoms with E-state index in [9.17, 15) is 13.5 Å². The summed E-state index contributed by atoms with van der Waals surface area (Å²) < 4.78 is 27.9. The van der Waals surface area contributed by atoms with Crippen molar-refractivity contribution in [2.45, 2.75) is 36.1 Å². The molecule has 3 aromatic carbocycles. The number of nitrogens with zero attached hydrogens (tertiary/aromatic N) is 1. The van der Waals surface area contributed by atoms with Gasteiger partial charge in [-0.15, -0.1) is 0 Å². The highest BCUT2D eigenvalue weighted by molar-refractivity contribution is 7.89. The third kappa shape index (κ3) is 2.97. The van der Waals surface area contributed by atoms with Crippen LogP contribution in [-0.4, -0.2) is 30.9 Å². The number of nitrogens with one attached hydrogen (secondary N) is 1. The van der Waals surface area contributed by atoms with Gasteiger partial charge in [0.25, 0.3) is 0 Å². The topological polar surface area (TPSA) is 69.6 Å². The van der Waals surface area contributed by atoms with Crippen molar-refractivity contribution < 1.29 is 13.5 Å². The Hall–Kier alpha value is -2.83. The van der Waals surface area contributed by atoms with E-state index in [1.165, 1.54) is 0 Å². The summed E-state index contributed by atoms with van der Waals surface area (Å²) in [6.07, 6.45) is 7.12. The normalized spacial score (nSPS) is 24.9. The summed E-state index contributed by atoms with van der Waals surface area (Å²) >= 11 is 0. The molecule has 0 amide bonds. The lowest BCUT2D eigenvalue weighted by molar-refractivity contribution is 0.404. The maximum Gasteiger partial charge on any atom is 0.243 e. The molecule has 5 nitrogen and oxygen atoms in total. The third-order valence-corrected chi connectivity index (χ3v) is 9.19. The first-order chi connectivity index (χ1) is 15.5. The Kier molecular flexibility index (Phi) is 4.56. The molecular formula is C26H26N2O3S. The molecule has 6 heteroatoms. The molecule has 0 spiro atoms. The highest BCUT2D eigenvalue weighted by Gasteiger charge is 2.40. The summed E-state index contributed by atoms with van der Waals surface area (Å²) in [6.45, 7) is 1.21. The van der Waals surface area contributed by atoms with Gasteiger partial charge >= 0.3 is 0 Å². The third-order valence-electron chi connectivity index (χ3n) is 7.30. The van der Waals surface area contributed by atoms with Crippen LogP contribution in [0.1, 0.15) is 42.3 Å². The second-order valence-corrected chi connectivity index (χ2v) is 11.0. The van der Waals surface area contributed by atoms with Crippen LogP contribution >= 0.6 is 0 Å². The minimum absolute atomic E-state index is 0.0605. The number of fused-ring (bicyclic) bond motifs is 4. The Labute approximate surface area is 188 Å². The number of anilines is 1. The number of phenolic OH excluding ortho intramolecular Hbond substituents is 1. The van der Waals surface area contributed by atoms with E-state index < -0.39 is 10.0 Å². The zero-order valence-corrected chi connectivity index (χ0v) is 18.6. The van der Waals surface area contributed by atoms with E-state index in [4.69, 9.17) is 0 Å². The zero-order valence-electron chi connectivity index (χ0n) is 17.7. The fourth-order valence-electron chi connectivity index (χ4n) is 5.71. The number of hydrogen-bond acceptors (Lipinski definition) is 4. The molecule has 3 unspecified atom stereocenters. The second kappa shape index (κ2) is 7.36. The first-order valence-electron chi connectivity index (χ1n) is 11.3. The Balaban J connectivity index is 1.45. The van der Waals surface area contributed by atoms with Gasteiger partial charge in [-0.1, -0.05) is 42.5 Å². The Morgan fingerprint density at radius 2 is 1.81 bits per heavy atom. The predicted molar refractivity (Wildman–Crippen MR) is 126 cm³/mol. The Morgan fingerprint density at radius 3 is 2.66 bits per heavy atom. The van der Waals surface area contributed by atoms with Gasteiger partial charge in [0.05, 0.1) is 10.9 Å². The molecule has 32 heavy (non-hydrogen) atoms. The van der Waals surface area contributed by atoms with Gasteiger partial charge < -0.3 is 10.4 Å². The van der Waals surface area contributed by atoms with Crippen molar-refractivity contribution in [3.8, 4) is 5.75 Å². The molecule has 3 aliphatic rings. The summed E-state index contributed by atoms with van der Waals surface area (Å²) in [4.78, 5) is 0.380. The van der Waals surface area contributed by atoms with E-state index >= 15 is 0 Å². The Morgan fingerprint density at radius 1 is 1.00 bits per heavy atom. The summed E-state index contributed by atoms with van der Waals surface area (Å²) in [5.74, 6) is 0.621. The van der Waals surface area contributed by atoms with Crippen molar-refractivity contribution >= 4 is 26.5 Å². The van der Waals surface area contributed by atoms with E-state index in [0.717, 1.165) is 46.8 Å². The maximum atomic E-state index is 13.1. The quantitative estimate of drug-likeness (QED) is 0.546. The number of rotatable bonds is 3. The molecule has 1 saturated heterocycles. The molecule has 3 aromatic rings. The maximum absolute atomic E-state index is 13.1. The molecule has 3 atom stereocenters. The largest absolute Gasteiger partial charge is 0.508 e. The monoisotopic (exact) mass is 446 g/mol. The van der Waals surface area contributed by atoms with Gasteiger partial charge in [-0.25, -0.2) is 8.42 Å². The molecule has 0 aromatic heterocycles. The molecule has 1 aliphatic carbocycles. The van der Waals surface area contributed by atoms with Gasteiger partial charge in [-0.2, -0.15) is 4.31 Å². The van der Waals surface area contributed by atoms with E-state index in [2.05, 4.69) is 29.6 Å². The minimum Gasteiger partial charge on any atom is -0.508 e. The number of aromatic hydroxyl groups is 1. The lowest BCUT2D eigenvalue weighted by Crippen LogP contribution is -2.31. The van der Waals surface area contributed by atoms with Crippen LogP contribution in [0.25, 0.3) is 10.8 Å². The molecule has 1 fully saturated rings. The van der Waals surface area contributed by atoms with Crippen LogP contribution in [0, 0.1) is 5.92 Å². The number of phenols is 1. The van der Waals surface area contributed by atoms with Crippen LogP contribution in [0.5, 0.6) is 5.75 Å². The van der Waals surface area contributed by atoms with Crippen LogP contribution in [-0.2, 0) is 10.0 Å². The minimum atomic E-state index is -3.46. The van der Waals surface area contributed by atoms with Crippen molar-refractivity contribution in [2.75, 3.05) is 18.4 Å². The van der Waals surface area contributed by atoms with E-state index in [0.29, 0.717) is 23.7 Å². The van der Waals surface area contributed by atoms with Crippen molar-refractivity contribution in [2.24, 2.45) is 5.92 Å². The molecule has 0 saturated carbocycles. The van der Waals surface area contributed by atoms with Crippen LogP contribution < -0.4 is 5.32 Å². The van der Waals surface area contributed by atoms with Crippen LogP contribution in [0.3, 0.4) is 0 Å². The van der Waals surface area contributed by atoms with E-state index in [-0.39, 0.29) is 17.9 Å². The van der Waals surface area contributed by atoms with E-state index in [1.54, 1.807) is 16.4 Å². The van der Waals surface area contributed by atoms with Gasteiger partial charge in [-0.05, 0) is 65.8 Å². The lowest BCUT2D eigenvalue weighted by Gasteiger charge is -2.38. The fraction of sp³-hybridized carbons (Fsp3) is 0.308. The van der Waals surface area contributed by atoms with Gasteiger partial charge in [0, 0.05) is 30.3 Å². The van der Waals surface area contributed by atoms with Crippen LogP contribution in [0.15, 0.2) is 71.6 Å². The molecule has 2 heterocycles. The van der Waals surface area contributed by atoms with Crippen LogP contribution in [0.4, 0.5) is 5.69 Å². The molecular weight excluding hydrogens is 420 g/mol. The first-order valence-corrected chi connectivity index (χ1v) is 12.8. The highest BCUT2D eigenvalue weighted by Crippen LogP contribution is 2.52. The SMILES string of the molecule is O=S(=O)(c1ccc2c(c1)C1C=CCC1C(c1c(O)ccc3ccccc13)N2)N1CCCC1. The van der Waals surface area contributed by atoms with Crippen LogP contribution in [0.2, 0.25) is 0 Å². The lowest BCUT2D eigenvalue weighted by atomic mass is 9.76. The molecule has 0 bridgehead atoms. The molecule has 164 valence electrons. The standard InChI is InChI=1S/C26H26N2O3S/c29-24-13-10-17-6-1-2-7-19(17)25(24)26-21-9-5-8-20(21)22-16-18(11-12-23(22)27-26)32(30,31)28-14-3-4-15-28/h1-2,5-8,10-13,16,20-21,26-27,29H,3-4,9,14-15H2. The van der Waals surface area contributed by atoms with Gasteiger partial charge in [0.15, 0.2) is 0 Å². The number of allylic oxidation sites excluding steroid dienone is 2. The molecule has 6 rings (SSSR count). The summed E-state index contributed by atoms with van der Waals surface area (Å²) in [6, 6.07) is 17.3. The predicted octanol–water partition coefficient (Wildman–Crippen LogP) is 5.16. The molecule has 0 radical (unpaired) electrons. The smallest absolute Gasteiger partial charge is 0.243 e. The highest BCUT2D eigenvalue weighted by atomic mass is 32.2. The molecule has 2 aliphatic heterocycles. The first kappa shape index (κ1) is 19.8. The van der Waals surface area contributed by atoms with Crippen molar-refractivity contribution in [3.63, 3.8) is 0 Å². The number of benzene rings is 3. The van der Waals surface area contributed by atoms with Gasteiger partial charge in [-0.3, -0.25) is 0 Å². The molecule has 2 N–H and O–H groups in total. The second-order valence-electron chi connectivity index (χ2n) is 9.06. The number of sulfonamides is 1. The number of hydrogen-bond donors (Lipinski definition) is 2. The Bertz CT molecular complexity index is 1340. The van der Waals surface area contributed by atoms with E-state index in [1.807, 2.05) is 30.3 Å². The van der Waals surface area contributed by atoms with Gasteiger partial charge in [0.2, 0.25) is 10.0 Å². The summed E-state index contributed by atoms with van der Waals surface area (Å²) in [7, 11) is -3.46. The van der Waals surface area contributed by atoms with Crippen molar-refractivity contribution in [3.05, 3.63) is 77.9 Å². The zero-order chi connectivity index (χ0) is 21.9. The fourth-order valence-corrected chi connectivity index (χ4v) is 7.26. The average Bonchev–Trinajstić information content (AvgIpc) is 3.51. The average molecular weight is 447 g/mol. The van der Waals surface area contributed by atoms with Gasteiger partial charge in [0.1, 0.15) is 5.75 Å². The van der Waals surface area contributed by atoms with Crippen molar-refractivity contribution in [1.82, 2.24) is 4.31 Å². The summed E-state index contributed by atoms with van der Waals surface area (Å²) in [5, 5.41) is 16.7. The van der Waals surface area contributed by atoms with Crippen molar-refractivity contribution in [1.29, 1.82) is 0 Å².